The highest BCUT2D eigenvalue weighted by atomic mass is 32.2. The summed E-state index contributed by atoms with van der Waals surface area (Å²) in [6.45, 7) is 2.92. The van der Waals surface area contributed by atoms with Crippen molar-refractivity contribution in [1.29, 1.82) is 0 Å². The van der Waals surface area contributed by atoms with Gasteiger partial charge in [-0.3, -0.25) is 4.79 Å². The zero-order chi connectivity index (χ0) is 22.0. The zero-order valence-corrected chi connectivity index (χ0v) is 18.2. The quantitative estimate of drug-likeness (QED) is 0.508. The van der Waals surface area contributed by atoms with Crippen LogP contribution in [0.3, 0.4) is 0 Å². The second-order valence-electron chi connectivity index (χ2n) is 7.00. The maximum absolute atomic E-state index is 14.5. The Bertz CT molecular complexity index is 1070. The van der Waals surface area contributed by atoms with E-state index in [9.17, 15) is 14.0 Å². The highest BCUT2D eigenvalue weighted by Crippen LogP contribution is 2.29. The number of thiocarbonyl (C=S) groups is 1. The molecule has 6 nitrogen and oxygen atoms in total. The molecule has 0 spiro atoms. The molecular weight excluding hydrogens is 439 g/mol. The van der Waals surface area contributed by atoms with Gasteiger partial charge in [0, 0.05) is 18.2 Å². The van der Waals surface area contributed by atoms with Crippen LogP contribution in [0.15, 0.2) is 47.4 Å². The fraction of sp³-hybridized carbons (Fsp3) is 0.227. The monoisotopic (exact) mass is 458 g/mol. The number of ether oxygens (including phenoxy) is 2. The van der Waals surface area contributed by atoms with Crippen molar-refractivity contribution in [3.05, 3.63) is 64.3 Å². The third-order valence-electron chi connectivity index (χ3n) is 4.95. The Hall–Kier alpha value is -2.91. The third-order valence-corrected chi connectivity index (χ3v) is 6.11. The normalized spacial score (nSPS) is 19.7. The number of cyclic esters (lactones) is 1. The predicted molar refractivity (Wildman–Crippen MR) is 120 cm³/mol. The minimum absolute atomic E-state index is 0.0227. The first-order valence-electron chi connectivity index (χ1n) is 9.67. The number of carbonyl (C=O) groups excluding carboxylic acids is 2. The van der Waals surface area contributed by atoms with E-state index in [1.54, 1.807) is 29.2 Å². The topological polar surface area (TPSA) is 67.9 Å². The molecule has 0 bridgehead atoms. The van der Waals surface area contributed by atoms with Gasteiger partial charge in [0.1, 0.15) is 28.2 Å². The Balaban J connectivity index is 1.41. The van der Waals surface area contributed by atoms with E-state index in [1.807, 2.05) is 19.1 Å². The van der Waals surface area contributed by atoms with E-state index in [-0.39, 0.29) is 23.6 Å². The van der Waals surface area contributed by atoms with Crippen molar-refractivity contribution in [2.24, 2.45) is 0 Å². The molecule has 31 heavy (non-hydrogen) atoms. The molecule has 1 unspecified atom stereocenters. The van der Waals surface area contributed by atoms with E-state index in [0.717, 1.165) is 17.3 Å². The maximum Gasteiger partial charge on any atom is 0.410 e. The van der Waals surface area contributed by atoms with Crippen LogP contribution >= 0.6 is 24.0 Å². The minimum atomic E-state index is -0.501. The molecule has 2 heterocycles. The molecule has 2 aliphatic rings. The Morgan fingerprint density at radius 3 is 2.65 bits per heavy atom. The van der Waals surface area contributed by atoms with Gasteiger partial charge in [-0.25, -0.2) is 9.18 Å². The van der Waals surface area contributed by atoms with Crippen LogP contribution in [0, 0.1) is 5.82 Å². The number of thioether (sulfide) groups is 1. The van der Waals surface area contributed by atoms with Crippen LogP contribution in [0.4, 0.5) is 9.18 Å². The SMILES string of the molecule is CCN1C(=O)OCC1Cc1ccc(Oc2ccc(C=C3SC(=S)NC3=O)c(F)c2)cc1. The molecule has 0 aromatic heterocycles. The van der Waals surface area contributed by atoms with E-state index in [1.165, 1.54) is 12.1 Å². The lowest BCUT2D eigenvalue weighted by Crippen LogP contribution is -2.34. The fourth-order valence-corrected chi connectivity index (χ4v) is 4.43. The van der Waals surface area contributed by atoms with Gasteiger partial charge in [0.15, 0.2) is 0 Å². The van der Waals surface area contributed by atoms with Crippen LogP contribution in [0.5, 0.6) is 11.5 Å². The average molecular weight is 459 g/mol. The summed E-state index contributed by atoms with van der Waals surface area (Å²) in [5, 5.41) is 2.50. The van der Waals surface area contributed by atoms with Crippen molar-refractivity contribution >= 4 is 46.4 Å². The molecule has 9 heteroatoms. The maximum atomic E-state index is 14.5. The molecule has 1 N–H and O–H groups in total. The van der Waals surface area contributed by atoms with Crippen LogP contribution < -0.4 is 10.1 Å². The number of carbonyl (C=O) groups is 2. The van der Waals surface area contributed by atoms with E-state index in [4.69, 9.17) is 21.7 Å². The van der Waals surface area contributed by atoms with Gasteiger partial charge >= 0.3 is 6.09 Å². The van der Waals surface area contributed by atoms with Crippen LogP contribution in [-0.2, 0) is 16.0 Å². The van der Waals surface area contributed by atoms with E-state index >= 15 is 0 Å². The lowest BCUT2D eigenvalue weighted by molar-refractivity contribution is -0.115. The van der Waals surface area contributed by atoms with Crippen LogP contribution in [-0.4, -0.2) is 40.4 Å². The molecule has 0 aliphatic carbocycles. The summed E-state index contributed by atoms with van der Waals surface area (Å²) in [5.41, 5.74) is 1.33. The summed E-state index contributed by atoms with van der Waals surface area (Å²) >= 11 is 6.04. The lowest BCUT2D eigenvalue weighted by Gasteiger charge is -2.19. The van der Waals surface area contributed by atoms with Crippen LogP contribution in [0.1, 0.15) is 18.1 Å². The van der Waals surface area contributed by atoms with Crippen molar-refractivity contribution in [2.75, 3.05) is 13.2 Å². The van der Waals surface area contributed by atoms with E-state index in [0.29, 0.717) is 40.3 Å². The molecule has 2 aliphatic heterocycles. The number of nitrogens with one attached hydrogen (secondary N) is 1. The van der Waals surface area contributed by atoms with Gasteiger partial charge in [-0.2, -0.15) is 0 Å². The van der Waals surface area contributed by atoms with Gasteiger partial charge in [0.05, 0.1) is 10.9 Å². The molecular formula is C22H19FN2O4S2. The highest BCUT2D eigenvalue weighted by Gasteiger charge is 2.31. The standard InChI is InChI=1S/C22H19FN2O4S2/c1-2-25-15(12-28-22(25)27)9-13-3-6-16(7-4-13)29-17-8-5-14(18(23)11-17)10-19-20(26)24-21(30)31-19/h3-8,10-11,15H,2,9,12H2,1H3,(H,24,26,30). The van der Waals surface area contributed by atoms with Crippen LogP contribution in [0.25, 0.3) is 6.08 Å². The van der Waals surface area contributed by atoms with Gasteiger partial charge in [-0.15, -0.1) is 0 Å². The summed E-state index contributed by atoms with van der Waals surface area (Å²) in [5.74, 6) is 0.0821. The smallest absolute Gasteiger partial charge is 0.410 e. The van der Waals surface area contributed by atoms with Crippen molar-refractivity contribution in [1.82, 2.24) is 10.2 Å². The molecule has 4 rings (SSSR count). The second kappa shape index (κ2) is 9.07. The number of amides is 2. The molecule has 2 aromatic rings. The number of nitrogens with zero attached hydrogens (tertiary/aromatic N) is 1. The molecule has 2 fully saturated rings. The Kier molecular flexibility index (Phi) is 6.24. The van der Waals surface area contributed by atoms with Gasteiger partial charge in [-0.05, 0) is 49.2 Å². The molecule has 2 saturated heterocycles. The first-order chi connectivity index (χ1) is 14.9. The number of halogens is 1. The van der Waals surface area contributed by atoms with Crippen molar-refractivity contribution in [3.63, 3.8) is 0 Å². The first-order valence-corrected chi connectivity index (χ1v) is 10.9. The number of rotatable bonds is 6. The molecule has 160 valence electrons. The Labute approximate surface area is 188 Å². The van der Waals surface area contributed by atoms with Crippen molar-refractivity contribution in [3.8, 4) is 11.5 Å². The van der Waals surface area contributed by atoms with E-state index < -0.39 is 5.82 Å². The third kappa shape index (κ3) is 4.88. The highest BCUT2D eigenvalue weighted by molar-refractivity contribution is 8.26. The number of hydrogen-bond donors (Lipinski definition) is 1. The summed E-state index contributed by atoms with van der Waals surface area (Å²) in [6, 6.07) is 11.9. The van der Waals surface area contributed by atoms with Crippen LogP contribution in [0.2, 0.25) is 0 Å². The lowest BCUT2D eigenvalue weighted by atomic mass is 10.1. The molecule has 0 radical (unpaired) electrons. The van der Waals surface area contributed by atoms with Gasteiger partial charge < -0.3 is 19.7 Å². The first kappa shape index (κ1) is 21.3. The largest absolute Gasteiger partial charge is 0.457 e. The fourth-order valence-electron chi connectivity index (χ4n) is 3.40. The van der Waals surface area contributed by atoms with Gasteiger partial charge in [0.25, 0.3) is 5.91 Å². The van der Waals surface area contributed by atoms with Gasteiger partial charge in [-0.1, -0.05) is 36.1 Å². The summed E-state index contributed by atoms with van der Waals surface area (Å²) in [6.07, 6.45) is 1.88. The summed E-state index contributed by atoms with van der Waals surface area (Å²) in [7, 11) is 0. The Morgan fingerprint density at radius 1 is 1.26 bits per heavy atom. The predicted octanol–water partition coefficient (Wildman–Crippen LogP) is 4.49. The molecule has 0 saturated carbocycles. The number of hydrogen-bond acceptors (Lipinski definition) is 6. The molecule has 2 amide bonds. The van der Waals surface area contributed by atoms with E-state index in [2.05, 4.69) is 5.32 Å². The van der Waals surface area contributed by atoms with Crippen molar-refractivity contribution in [2.45, 2.75) is 19.4 Å². The number of benzene rings is 2. The summed E-state index contributed by atoms with van der Waals surface area (Å²) in [4.78, 5) is 25.5. The molecule has 2 aromatic carbocycles. The zero-order valence-electron chi connectivity index (χ0n) is 16.6. The average Bonchev–Trinajstić information content (AvgIpc) is 3.25. The number of likely N-dealkylation sites (N-methyl/N-ethyl adjacent to an activating group) is 1. The van der Waals surface area contributed by atoms with Crippen molar-refractivity contribution < 1.29 is 23.5 Å². The van der Waals surface area contributed by atoms with Gasteiger partial charge in [0.2, 0.25) is 0 Å². The minimum Gasteiger partial charge on any atom is -0.457 e. The summed E-state index contributed by atoms with van der Waals surface area (Å²) < 4.78 is 25.7. The Morgan fingerprint density at radius 2 is 2.00 bits per heavy atom. The second-order valence-corrected chi connectivity index (χ2v) is 8.72. The molecule has 1 atom stereocenters.